The fourth-order valence-corrected chi connectivity index (χ4v) is 8.06. The summed E-state index contributed by atoms with van der Waals surface area (Å²) >= 11 is 0. The van der Waals surface area contributed by atoms with E-state index in [0.717, 1.165) is 0 Å². The van der Waals surface area contributed by atoms with Gasteiger partial charge in [0.1, 0.15) is 0 Å². The summed E-state index contributed by atoms with van der Waals surface area (Å²) in [7, 11) is 0. The number of benzene rings is 6. The first-order chi connectivity index (χ1) is 20.3. The second kappa shape index (κ2) is 8.91. The third-order valence-electron chi connectivity index (χ3n) is 9.48. The van der Waals surface area contributed by atoms with Crippen LogP contribution in [0.1, 0.15) is 55.6 Å². The fourth-order valence-electron chi connectivity index (χ4n) is 8.06. The summed E-state index contributed by atoms with van der Waals surface area (Å²) in [5.41, 5.74) is 21.5. The van der Waals surface area contributed by atoms with Gasteiger partial charge in [-0.2, -0.15) is 0 Å². The molecule has 2 aliphatic carbocycles. The molecule has 2 aliphatic rings. The van der Waals surface area contributed by atoms with E-state index in [-0.39, 0.29) is 0 Å². The van der Waals surface area contributed by atoms with Crippen molar-refractivity contribution in [2.24, 2.45) is 0 Å². The Balaban J connectivity index is 1.50. The maximum atomic E-state index is 2.46. The molecule has 0 spiro atoms. The first-order valence-corrected chi connectivity index (χ1v) is 15.0. The number of rotatable bonds is 2. The Hall–Kier alpha value is -4.68. The number of fused-ring (bicyclic) bond motifs is 7. The molecule has 0 saturated heterocycles. The van der Waals surface area contributed by atoms with Gasteiger partial charge in [-0.3, -0.25) is 0 Å². The third-order valence-corrected chi connectivity index (χ3v) is 9.48. The van der Waals surface area contributed by atoms with E-state index in [2.05, 4.69) is 139 Å². The number of hydrogen-bond donors (Lipinski definition) is 0. The highest BCUT2D eigenvalue weighted by molar-refractivity contribution is 6.04. The highest BCUT2D eigenvalue weighted by atomic mass is 14.3. The van der Waals surface area contributed by atoms with Crippen molar-refractivity contribution in [3.05, 3.63) is 163 Å². The molecule has 0 nitrogen and oxygen atoms in total. The minimum atomic E-state index is 1.30. The van der Waals surface area contributed by atoms with Gasteiger partial charge in [0.05, 0.1) is 0 Å². The summed E-state index contributed by atoms with van der Waals surface area (Å²) < 4.78 is 0. The van der Waals surface area contributed by atoms with Gasteiger partial charge in [0, 0.05) is 0 Å². The first-order valence-electron chi connectivity index (χ1n) is 15.0. The normalized spacial score (nSPS) is 12.9. The van der Waals surface area contributed by atoms with Crippen molar-refractivity contribution in [2.45, 2.75) is 41.5 Å². The monoisotopic (exact) mass is 538 g/mol. The minimum absolute atomic E-state index is 1.30. The Bertz CT molecular complexity index is 2080. The number of aryl methyl sites for hydroxylation is 6. The van der Waals surface area contributed by atoms with Crippen LogP contribution in [-0.4, -0.2) is 0 Å². The molecule has 0 N–H and O–H groups in total. The molecule has 0 bridgehead atoms. The third kappa shape index (κ3) is 3.48. The molecule has 0 fully saturated rings. The molecule has 0 radical (unpaired) electrons. The van der Waals surface area contributed by atoms with Crippen LogP contribution in [0.4, 0.5) is 0 Å². The van der Waals surface area contributed by atoms with Crippen molar-refractivity contribution in [1.82, 2.24) is 0 Å². The maximum Gasteiger partial charge on any atom is -0.00208 e. The lowest BCUT2D eigenvalue weighted by Crippen LogP contribution is -2.11. The van der Waals surface area contributed by atoms with Crippen LogP contribution in [0.5, 0.6) is 0 Å². The molecule has 0 heteroatoms. The predicted octanol–water partition coefficient (Wildman–Crippen LogP) is 9.15. The lowest BCUT2D eigenvalue weighted by atomic mass is 9.89. The van der Waals surface area contributed by atoms with Gasteiger partial charge >= 0.3 is 0 Å². The van der Waals surface area contributed by atoms with Gasteiger partial charge in [-0.25, -0.2) is 0 Å². The minimum Gasteiger partial charge on any atom is -0.0616 e. The molecule has 8 rings (SSSR count). The smallest absolute Gasteiger partial charge is 0.00208 e. The van der Waals surface area contributed by atoms with E-state index >= 15 is 0 Å². The van der Waals surface area contributed by atoms with E-state index in [0.29, 0.717) is 0 Å². The zero-order valence-electron chi connectivity index (χ0n) is 25.2. The van der Waals surface area contributed by atoms with Crippen molar-refractivity contribution in [1.29, 1.82) is 0 Å². The molecule has 0 atom stereocenters. The Morgan fingerprint density at radius 2 is 0.667 bits per heavy atom. The largest absolute Gasteiger partial charge is 0.0616 e. The van der Waals surface area contributed by atoms with Crippen molar-refractivity contribution in [2.75, 3.05) is 0 Å². The standard InChI is InChI=1S/C42H34/c1-23-15-25(3)39(26(4)16-23)41-33-13-9-7-11-31(33)35-19-30-22-38-36(20-29(30)21-37(35)41)32-12-8-10-14-34(32)42(38)40-27(5)17-24(2)18-28(40)6/h7-22H,1-6H3. The average molecular weight is 539 g/mol. The van der Waals surface area contributed by atoms with Gasteiger partial charge in [0.25, 0.3) is 0 Å². The maximum absolute atomic E-state index is 2.46. The summed E-state index contributed by atoms with van der Waals surface area (Å²) in [4.78, 5) is 0. The SMILES string of the molecule is Cc1cc(C)c(C2=c3cc4cc5c(cc4cc3-c3ccccc32)=C(c2c(C)cc(C)cc2C)c2ccccc2-5)c(C)c1. The highest BCUT2D eigenvalue weighted by Crippen LogP contribution is 2.42. The first kappa shape index (κ1) is 25.1. The van der Waals surface area contributed by atoms with Gasteiger partial charge in [-0.15, -0.1) is 0 Å². The van der Waals surface area contributed by atoms with Gasteiger partial charge in [0.15, 0.2) is 0 Å². The van der Waals surface area contributed by atoms with Crippen LogP contribution < -0.4 is 10.4 Å². The summed E-state index contributed by atoms with van der Waals surface area (Å²) in [5, 5.41) is 5.29. The van der Waals surface area contributed by atoms with E-state index in [9.17, 15) is 0 Å². The van der Waals surface area contributed by atoms with Crippen LogP contribution >= 0.6 is 0 Å². The summed E-state index contributed by atoms with van der Waals surface area (Å²) in [5.74, 6) is 0. The summed E-state index contributed by atoms with van der Waals surface area (Å²) in [6.07, 6.45) is 0. The molecule has 202 valence electrons. The zero-order chi connectivity index (χ0) is 28.9. The van der Waals surface area contributed by atoms with Crippen molar-refractivity contribution in [3.8, 4) is 22.3 Å². The Labute approximate surface area is 248 Å². The molecule has 0 saturated carbocycles. The molecular formula is C42H34. The second-order valence-corrected chi connectivity index (χ2v) is 12.5. The van der Waals surface area contributed by atoms with Crippen LogP contribution in [0.2, 0.25) is 0 Å². The van der Waals surface area contributed by atoms with Crippen molar-refractivity contribution in [3.63, 3.8) is 0 Å². The molecule has 0 heterocycles. The molecule has 0 aromatic heterocycles. The number of hydrogen-bond acceptors (Lipinski definition) is 0. The van der Waals surface area contributed by atoms with Crippen molar-refractivity contribution >= 4 is 21.9 Å². The Morgan fingerprint density at radius 1 is 0.333 bits per heavy atom. The Morgan fingerprint density at radius 3 is 1.02 bits per heavy atom. The predicted molar refractivity (Wildman–Crippen MR) is 179 cm³/mol. The molecule has 6 aromatic carbocycles. The van der Waals surface area contributed by atoms with E-state index in [1.807, 2.05) is 0 Å². The van der Waals surface area contributed by atoms with E-state index < -0.39 is 0 Å². The summed E-state index contributed by atoms with van der Waals surface area (Å²) in [6, 6.07) is 37.1. The van der Waals surface area contributed by atoms with Gasteiger partial charge < -0.3 is 0 Å². The molecule has 42 heavy (non-hydrogen) atoms. The van der Waals surface area contributed by atoms with Crippen LogP contribution in [0.25, 0.3) is 44.2 Å². The summed E-state index contributed by atoms with van der Waals surface area (Å²) in [6.45, 7) is 13.4. The zero-order valence-corrected chi connectivity index (χ0v) is 25.2. The quantitative estimate of drug-likeness (QED) is 0.206. The van der Waals surface area contributed by atoms with Crippen LogP contribution in [0, 0.1) is 41.5 Å². The molecule has 0 unspecified atom stereocenters. The van der Waals surface area contributed by atoms with Crippen molar-refractivity contribution < 1.29 is 0 Å². The fraction of sp³-hybridized carbons (Fsp3) is 0.143. The molecular weight excluding hydrogens is 504 g/mol. The van der Waals surface area contributed by atoms with Crippen LogP contribution in [-0.2, 0) is 0 Å². The van der Waals surface area contributed by atoms with Crippen LogP contribution in [0.15, 0.2) is 97.1 Å². The van der Waals surface area contributed by atoms with Gasteiger partial charge in [-0.1, -0.05) is 83.9 Å². The topological polar surface area (TPSA) is 0 Å². The lowest BCUT2D eigenvalue weighted by molar-refractivity contribution is 1.28. The van der Waals surface area contributed by atoms with E-state index in [1.54, 1.807) is 0 Å². The molecule has 0 aliphatic heterocycles. The molecule has 6 aromatic rings. The lowest BCUT2D eigenvalue weighted by Gasteiger charge is -2.14. The van der Waals surface area contributed by atoms with Gasteiger partial charge in [0.2, 0.25) is 0 Å². The van der Waals surface area contributed by atoms with E-state index in [1.165, 1.54) is 110 Å². The van der Waals surface area contributed by atoms with Gasteiger partial charge in [-0.05, 0) is 165 Å². The average Bonchev–Trinajstić information content (AvgIpc) is 3.42. The molecule has 0 amide bonds. The van der Waals surface area contributed by atoms with Crippen LogP contribution in [0.3, 0.4) is 0 Å². The second-order valence-electron chi connectivity index (χ2n) is 12.5. The Kier molecular flexibility index (Phi) is 5.32. The highest BCUT2D eigenvalue weighted by Gasteiger charge is 2.26. The van der Waals surface area contributed by atoms with E-state index in [4.69, 9.17) is 0 Å².